The number of aryl methyl sites for hydroxylation is 2. The molecule has 1 aromatic carbocycles. The number of fused-ring (bicyclic) bond motifs is 1. The fourth-order valence-corrected chi connectivity index (χ4v) is 4.42. The Hall–Kier alpha value is -1.85. The molecular formula is C20H24N2O2S. The number of ether oxygens (including phenoxy) is 1. The standard InChI is InChI=1S/C20H24N2O2S/c23-20(21-17-9-8-15-4-1-5-16(15)12-17)22(13-18-6-2-10-24-18)14-19-7-3-11-25-19/h3,7-9,11-12,18H,1-2,4-6,10,13-14H2,(H,21,23)/t18-/m1/s1. The Morgan fingerprint density at radius 2 is 2.16 bits per heavy atom. The van der Waals surface area contributed by atoms with Crippen LogP contribution >= 0.6 is 11.3 Å². The van der Waals surface area contributed by atoms with Gasteiger partial charge in [0.15, 0.2) is 0 Å². The lowest BCUT2D eigenvalue weighted by molar-refractivity contribution is 0.0821. The van der Waals surface area contributed by atoms with Gasteiger partial charge >= 0.3 is 6.03 Å². The summed E-state index contributed by atoms with van der Waals surface area (Å²) in [5, 5.41) is 5.15. The fourth-order valence-electron chi connectivity index (χ4n) is 3.70. The van der Waals surface area contributed by atoms with Crippen LogP contribution in [0.4, 0.5) is 10.5 Å². The Kier molecular flexibility index (Phi) is 5.04. The molecule has 1 aromatic heterocycles. The van der Waals surface area contributed by atoms with Crippen LogP contribution in [0.25, 0.3) is 0 Å². The maximum atomic E-state index is 12.9. The minimum Gasteiger partial charge on any atom is -0.376 e. The molecule has 2 aromatic rings. The summed E-state index contributed by atoms with van der Waals surface area (Å²) in [6.07, 6.45) is 5.78. The number of carbonyl (C=O) groups excluding carboxylic acids is 1. The van der Waals surface area contributed by atoms with E-state index >= 15 is 0 Å². The first-order valence-corrected chi connectivity index (χ1v) is 9.97. The average Bonchev–Trinajstić information content (AvgIpc) is 3.36. The molecule has 2 heterocycles. The van der Waals surface area contributed by atoms with Crippen molar-refractivity contribution in [2.24, 2.45) is 0 Å². The SMILES string of the molecule is O=C(Nc1ccc2c(c1)CCC2)N(Cc1cccs1)C[C@H]1CCCO1. The lowest BCUT2D eigenvalue weighted by Crippen LogP contribution is -2.39. The van der Waals surface area contributed by atoms with Gasteiger partial charge in [-0.3, -0.25) is 0 Å². The van der Waals surface area contributed by atoms with Crippen molar-refractivity contribution < 1.29 is 9.53 Å². The van der Waals surface area contributed by atoms with Gasteiger partial charge in [0.1, 0.15) is 0 Å². The van der Waals surface area contributed by atoms with Crippen LogP contribution in [-0.4, -0.2) is 30.2 Å². The monoisotopic (exact) mass is 356 g/mol. The summed E-state index contributed by atoms with van der Waals surface area (Å²) >= 11 is 1.69. The second kappa shape index (κ2) is 7.58. The van der Waals surface area contributed by atoms with Gasteiger partial charge in [-0.25, -0.2) is 4.79 Å². The van der Waals surface area contributed by atoms with Gasteiger partial charge in [-0.05, 0) is 66.8 Å². The molecule has 1 aliphatic heterocycles. The van der Waals surface area contributed by atoms with E-state index in [1.54, 1.807) is 11.3 Å². The molecule has 4 rings (SSSR count). The molecule has 2 aliphatic rings. The number of rotatable bonds is 5. The molecule has 5 heteroatoms. The van der Waals surface area contributed by atoms with Crippen LogP contribution in [0.2, 0.25) is 0 Å². The van der Waals surface area contributed by atoms with Crippen molar-refractivity contribution in [3.63, 3.8) is 0 Å². The number of nitrogens with one attached hydrogen (secondary N) is 1. The number of anilines is 1. The lowest BCUT2D eigenvalue weighted by Gasteiger charge is -2.25. The zero-order valence-corrected chi connectivity index (χ0v) is 15.2. The highest BCUT2D eigenvalue weighted by molar-refractivity contribution is 7.09. The largest absolute Gasteiger partial charge is 0.376 e. The molecule has 1 aliphatic carbocycles. The summed E-state index contributed by atoms with van der Waals surface area (Å²) in [6.45, 7) is 2.09. The van der Waals surface area contributed by atoms with Crippen LogP contribution in [0.3, 0.4) is 0 Å². The van der Waals surface area contributed by atoms with Crippen molar-refractivity contribution in [2.45, 2.75) is 44.8 Å². The molecule has 1 saturated heterocycles. The van der Waals surface area contributed by atoms with E-state index < -0.39 is 0 Å². The van der Waals surface area contributed by atoms with Gasteiger partial charge in [0.05, 0.1) is 12.6 Å². The van der Waals surface area contributed by atoms with Gasteiger partial charge in [-0.15, -0.1) is 11.3 Å². The fraction of sp³-hybridized carbons (Fsp3) is 0.450. The van der Waals surface area contributed by atoms with E-state index in [1.807, 2.05) is 17.0 Å². The molecule has 1 atom stereocenters. The number of amides is 2. The minimum atomic E-state index is -0.0400. The number of urea groups is 1. The number of hydrogen-bond acceptors (Lipinski definition) is 3. The van der Waals surface area contributed by atoms with E-state index in [-0.39, 0.29) is 12.1 Å². The van der Waals surface area contributed by atoms with E-state index in [0.29, 0.717) is 13.1 Å². The van der Waals surface area contributed by atoms with Crippen molar-refractivity contribution >= 4 is 23.1 Å². The van der Waals surface area contributed by atoms with Gasteiger partial charge in [-0.1, -0.05) is 12.1 Å². The van der Waals surface area contributed by atoms with Gasteiger partial charge in [-0.2, -0.15) is 0 Å². The average molecular weight is 356 g/mol. The third-order valence-electron chi connectivity index (χ3n) is 5.01. The van der Waals surface area contributed by atoms with E-state index in [4.69, 9.17) is 4.74 Å². The predicted octanol–water partition coefficient (Wildman–Crippen LogP) is 4.45. The molecule has 0 unspecified atom stereocenters. The highest BCUT2D eigenvalue weighted by atomic mass is 32.1. The van der Waals surface area contributed by atoms with E-state index in [2.05, 4.69) is 28.9 Å². The number of hydrogen-bond donors (Lipinski definition) is 1. The Morgan fingerprint density at radius 1 is 1.24 bits per heavy atom. The highest BCUT2D eigenvalue weighted by Gasteiger charge is 2.23. The highest BCUT2D eigenvalue weighted by Crippen LogP contribution is 2.25. The van der Waals surface area contributed by atoms with Crippen LogP contribution < -0.4 is 5.32 Å². The summed E-state index contributed by atoms with van der Waals surface area (Å²) < 4.78 is 5.75. The molecule has 0 bridgehead atoms. The molecule has 4 nitrogen and oxygen atoms in total. The lowest BCUT2D eigenvalue weighted by atomic mass is 10.1. The van der Waals surface area contributed by atoms with E-state index in [1.165, 1.54) is 22.4 Å². The van der Waals surface area contributed by atoms with E-state index in [0.717, 1.165) is 38.0 Å². The molecule has 132 valence electrons. The maximum absolute atomic E-state index is 12.9. The summed E-state index contributed by atoms with van der Waals surface area (Å²) in [7, 11) is 0. The molecule has 25 heavy (non-hydrogen) atoms. The molecule has 0 saturated carbocycles. The van der Waals surface area contributed by atoms with Crippen molar-refractivity contribution in [3.8, 4) is 0 Å². The van der Waals surface area contributed by atoms with Gasteiger partial charge in [0.25, 0.3) is 0 Å². The van der Waals surface area contributed by atoms with Gasteiger partial charge in [0, 0.05) is 23.7 Å². The van der Waals surface area contributed by atoms with Gasteiger partial charge < -0.3 is 15.0 Å². The third-order valence-corrected chi connectivity index (χ3v) is 5.87. The Labute approximate surface area is 152 Å². The first-order chi connectivity index (χ1) is 12.3. The van der Waals surface area contributed by atoms with Crippen LogP contribution in [0.15, 0.2) is 35.7 Å². The zero-order chi connectivity index (χ0) is 17.1. The number of nitrogens with zero attached hydrogens (tertiary/aromatic N) is 1. The van der Waals surface area contributed by atoms with E-state index in [9.17, 15) is 4.79 Å². The quantitative estimate of drug-likeness (QED) is 0.860. The topological polar surface area (TPSA) is 41.6 Å². The molecule has 1 N–H and O–H groups in total. The second-order valence-corrected chi connectivity index (χ2v) is 7.89. The van der Waals surface area contributed by atoms with Crippen LogP contribution in [0.5, 0.6) is 0 Å². The van der Waals surface area contributed by atoms with Crippen molar-refractivity contribution in [1.82, 2.24) is 4.90 Å². The Balaban J connectivity index is 1.46. The number of thiophene rings is 1. The third kappa shape index (κ3) is 4.05. The molecule has 1 fully saturated rings. The Morgan fingerprint density at radius 3 is 2.96 bits per heavy atom. The van der Waals surface area contributed by atoms with Crippen LogP contribution in [-0.2, 0) is 24.1 Å². The molecule has 0 radical (unpaired) electrons. The zero-order valence-electron chi connectivity index (χ0n) is 14.4. The summed E-state index contributed by atoms with van der Waals surface area (Å²) in [5.74, 6) is 0. The maximum Gasteiger partial charge on any atom is 0.322 e. The van der Waals surface area contributed by atoms with Gasteiger partial charge in [0.2, 0.25) is 0 Å². The second-order valence-electron chi connectivity index (χ2n) is 6.86. The van der Waals surface area contributed by atoms with Crippen LogP contribution in [0, 0.1) is 0 Å². The van der Waals surface area contributed by atoms with Crippen molar-refractivity contribution in [2.75, 3.05) is 18.5 Å². The first-order valence-electron chi connectivity index (χ1n) is 9.09. The van der Waals surface area contributed by atoms with Crippen molar-refractivity contribution in [1.29, 1.82) is 0 Å². The van der Waals surface area contributed by atoms with Crippen LogP contribution in [0.1, 0.15) is 35.3 Å². The van der Waals surface area contributed by atoms with Crippen molar-refractivity contribution in [3.05, 3.63) is 51.7 Å². The Bertz CT molecular complexity index is 723. The number of benzene rings is 1. The number of carbonyl (C=O) groups is 1. The first kappa shape index (κ1) is 16.6. The summed E-state index contributed by atoms with van der Waals surface area (Å²) in [5.41, 5.74) is 3.70. The smallest absolute Gasteiger partial charge is 0.322 e. The molecule has 2 amide bonds. The molecule has 0 spiro atoms. The minimum absolute atomic E-state index is 0.0400. The normalized spacial score (nSPS) is 19.0. The predicted molar refractivity (Wildman–Crippen MR) is 101 cm³/mol. The summed E-state index contributed by atoms with van der Waals surface area (Å²) in [4.78, 5) is 16.0. The molecular weight excluding hydrogens is 332 g/mol. The summed E-state index contributed by atoms with van der Waals surface area (Å²) in [6, 6.07) is 10.4.